The molecule has 0 amide bonds. The van der Waals surface area contributed by atoms with Crippen molar-refractivity contribution in [3.05, 3.63) is 30.4 Å². The Morgan fingerprint density at radius 2 is 1.31 bits per heavy atom. The average Bonchev–Trinajstić information content (AvgIpc) is 2.31. The van der Waals surface area contributed by atoms with Gasteiger partial charge in [0.1, 0.15) is 0 Å². The maximum atomic E-state index is 11.1. The largest absolute Gasteiger partial charge is 0.386 e. The van der Waals surface area contributed by atoms with Crippen LogP contribution in [0.5, 0.6) is 0 Å². The van der Waals surface area contributed by atoms with Gasteiger partial charge in [0.15, 0.2) is 0 Å². The van der Waals surface area contributed by atoms with Gasteiger partial charge < -0.3 is 4.74 Å². The van der Waals surface area contributed by atoms with E-state index in [1.807, 2.05) is 0 Å². The first kappa shape index (κ1) is 9.38. The number of rotatable bonds is 0. The molecule has 1 aliphatic rings. The summed E-state index contributed by atoms with van der Waals surface area (Å²) in [5, 5.41) is 0. The molecule has 0 aliphatic carbocycles. The van der Waals surface area contributed by atoms with Crippen LogP contribution in [0.25, 0.3) is 0 Å². The first-order valence-electron chi connectivity index (χ1n) is 3.35. The van der Waals surface area contributed by atoms with Crippen LogP contribution in [0.3, 0.4) is 0 Å². The van der Waals surface area contributed by atoms with Crippen molar-refractivity contribution in [2.24, 2.45) is 0 Å². The molecule has 0 fully saturated rings. The van der Waals surface area contributed by atoms with E-state index in [-0.39, 0.29) is 0 Å². The van der Waals surface area contributed by atoms with Gasteiger partial charge in [-0.15, -0.1) is 0 Å². The molecule has 1 aromatic carbocycles. The quantitative estimate of drug-likeness (QED) is 0.381. The third-order valence-electron chi connectivity index (χ3n) is 1.69. The highest BCUT2D eigenvalue weighted by Crippen LogP contribution is 2.25. The number of esters is 2. The Bertz CT molecular complexity index is 387. The molecule has 1 aliphatic heterocycles. The number of carbonyl (C=O) groups is 2. The van der Waals surface area contributed by atoms with Gasteiger partial charge in [0, 0.05) is 7.14 Å². The molecule has 0 spiro atoms. The molecule has 0 unspecified atom stereocenters. The monoisotopic (exact) mass is 400 g/mol. The second-order valence-corrected chi connectivity index (χ2v) is 4.81. The molecule has 13 heavy (non-hydrogen) atoms. The lowest BCUT2D eigenvalue weighted by Gasteiger charge is -1.96. The average molecular weight is 400 g/mol. The van der Waals surface area contributed by atoms with Gasteiger partial charge >= 0.3 is 11.9 Å². The van der Waals surface area contributed by atoms with Crippen LogP contribution in [0.4, 0.5) is 0 Å². The summed E-state index contributed by atoms with van der Waals surface area (Å²) in [4.78, 5) is 22.2. The Balaban J connectivity index is 2.72. The van der Waals surface area contributed by atoms with Gasteiger partial charge in [0.05, 0.1) is 11.1 Å². The highest BCUT2D eigenvalue weighted by molar-refractivity contribution is 14.1. The molecule has 66 valence electrons. The summed E-state index contributed by atoms with van der Waals surface area (Å²) in [5.41, 5.74) is 0.740. The molecule has 5 heteroatoms. The van der Waals surface area contributed by atoms with Crippen LogP contribution in [0.15, 0.2) is 12.1 Å². The molecule has 1 heterocycles. The summed E-state index contributed by atoms with van der Waals surface area (Å²) in [6, 6.07) is 3.34. The van der Waals surface area contributed by atoms with E-state index in [0.29, 0.717) is 11.1 Å². The molecule has 0 aromatic heterocycles. The molecule has 0 radical (unpaired) electrons. The minimum atomic E-state index is -0.547. The second kappa shape index (κ2) is 3.19. The number of hydrogen-bond acceptors (Lipinski definition) is 3. The third-order valence-corrected chi connectivity index (χ3v) is 4.50. The molecule has 2 rings (SSSR count). The predicted octanol–water partition coefficient (Wildman–Crippen LogP) is 2.21. The topological polar surface area (TPSA) is 43.4 Å². The van der Waals surface area contributed by atoms with Crippen molar-refractivity contribution in [1.82, 2.24) is 0 Å². The van der Waals surface area contributed by atoms with Gasteiger partial charge in [-0.1, -0.05) is 0 Å². The van der Waals surface area contributed by atoms with Crippen LogP contribution < -0.4 is 0 Å². The van der Waals surface area contributed by atoms with Crippen LogP contribution in [-0.4, -0.2) is 11.9 Å². The van der Waals surface area contributed by atoms with E-state index in [0.717, 1.165) is 7.14 Å². The van der Waals surface area contributed by atoms with E-state index >= 15 is 0 Å². The summed E-state index contributed by atoms with van der Waals surface area (Å²) in [7, 11) is 0. The summed E-state index contributed by atoms with van der Waals surface area (Å²) in [5.74, 6) is -1.09. The molecule has 3 nitrogen and oxygen atoms in total. The molecular weight excluding hydrogens is 398 g/mol. The third kappa shape index (κ3) is 1.47. The fourth-order valence-corrected chi connectivity index (χ4v) is 2.01. The van der Waals surface area contributed by atoms with Crippen molar-refractivity contribution in [2.45, 2.75) is 0 Å². The van der Waals surface area contributed by atoms with E-state index in [4.69, 9.17) is 0 Å². The summed E-state index contributed by atoms with van der Waals surface area (Å²) in [6.45, 7) is 0. The van der Waals surface area contributed by atoms with E-state index in [1.54, 1.807) is 12.1 Å². The number of halogens is 2. The lowest BCUT2D eigenvalue weighted by molar-refractivity contribution is 0.0444. The second-order valence-electron chi connectivity index (χ2n) is 2.49. The Labute approximate surface area is 101 Å². The van der Waals surface area contributed by atoms with Crippen LogP contribution in [-0.2, 0) is 4.74 Å². The van der Waals surface area contributed by atoms with E-state index < -0.39 is 11.9 Å². The van der Waals surface area contributed by atoms with E-state index in [9.17, 15) is 9.59 Å². The number of ether oxygens (including phenoxy) is 1. The summed E-state index contributed by atoms with van der Waals surface area (Å²) < 4.78 is 6.35. The number of carbonyl (C=O) groups excluding carboxylic acids is 2. The summed E-state index contributed by atoms with van der Waals surface area (Å²) in [6.07, 6.45) is 0. The summed E-state index contributed by atoms with van der Waals surface area (Å²) >= 11 is 4.22. The van der Waals surface area contributed by atoms with Crippen LogP contribution in [0.2, 0.25) is 0 Å². The maximum Gasteiger partial charge on any atom is 0.346 e. The van der Waals surface area contributed by atoms with Crippen LogP contribution in [0, 0.1) is 7.14 Å². The lowest BCUT2D eigenvalue weighted by atomic mass is 10.1. The van der Waals surface area contributed by atoms with Crippen LogP contribution >= 0.6 is 45.2 Å². The van der Waals surface area contributed by atoms with Crippen molar-refractivity contribution in [1.29, 1.82) is 0 Å². The standard InChI is InChI=1S/C8H2I2O3/c9-5-1-3-4(2-6(5)10)8(12)13-7(3)11/h1-2H. The fraction of sp³-hybridized carbons (Fsp3) is 0. The molecule has 0 atom stereocenters. The molecule has 0 saturated heterocycles. The smallest absolute Gasteiger partial charge is 0.346 e. The van der Waals surface area contributed by atoms with Gasteiger partial charge in [-0.2, -0.15) is 0 Å². The minimum absolute atomic E-state index is 0.370. The number of hydrogen-bond donors (Lipinski definition) is 0. The Hall–Kier alpha value is -0.180. The van der Waals surface area contributed by atoms with Crippen molar-refractivity contribution in [3.8, 4) is 0 Å². The van der Waals surface area contributed by atoms with Gasteiger partial charge in [0.25, 0.3) is 0 Å². The normalized spacial score (nSPS) is 14.3. The number of benzene rings is 1. The Kier molecular flexibility index (Phi) is 2.30. The zero-order chi connectivity index (χ0) is 9.59. The van der Waals surface area contributed by atoms with Crippen molar-refractivity contribution in [3.63, 3.8) is 0 Å². The Morgan fingerprint density at radius 3 is 1.69 bits per heavy atom. The first-order chi connectivity index (χ1) is 6.09. The van der Waals surface area contributed by atoms with Gasteiger partial charge in [0.2, 0.25) is 0 Å². The minimum Gasteiger partial charge on any atom is -0.386 e. The molecule has 0 bridgehead atoms. The SMILES string of the molecule is O=C1OC(=O)c2cc(I)c(I)cc21. The number of cyclic esters (lactones) is 2. The van der Waals surface area contributed by atoms with E-state index in [2.05, 4.69) is 49.9 Å². The van der Waals surface area contributed by atoms with Crippen molar-refractivity contribution < 1.29 is 14.3 Å². The predicted molar refractivity (Wildman–Crippen MR) is 61.6 cm³/mol. The van der Waals surface area contributed by atoms with Crippen molar-refractivity contribution >= 4 is 57.1 Å². The zero-order valence-electron chi connectivity index (χ0n) is 6.14. The van der Waals surface area contributed by atoms with E-state index in [1.165, 1.54) is 0 Å². The number of fused-ring (bicyclic) bond motifs is 1. The molecule has 0 saturated carbocycles. The first-order valence-corrected chi connectivity index (χ1v) is 5.51. The van der Waals surface area contributed by atoms with Crippen molar-refractivity contribution in [2.75, 3.05) is 0 Å². The van der Waals surface area contributed by atoms with Gasteiger partial charge in [-0.25, -0.2) is 9.59 Å². The highest BCUT2D eigenvalue weighted by atomic mass is 127. The Morgan fingerprint density at radius 1 is 0.923 bits per heavy atom. The molecular formula is C8H2I2O3. The van der Waals surface area contributed by atoms with Gasteiger partial charge in [-0.05, 0) is 57.3 Å². The molecule has 0 N–H and O–H groups in total. The fourth-order valence-electron chi connectivity index (χ4n) is 1.08. The maximum absolute atomic E-state index is 11.1. The van der Waals surface area contributed by atoms with Crippen LogP contribution in [0.1, 0.15) is 20.7 Å². The zero-order valence-corrected chi connectivity index (χ0v) is 10.5. The van der Waals surface area contributed by atoms with Gasteiger partial charge in [-0.3, -0.25) is 0 Å². The lowest BCUT2D eigenvalue weighted by Crippen LogP contribution is -1.96. The molecule has 1 aromatic rings. The highest BCUT2D eigenvalue weighted by Gasteiger charge is 2.30.